The van der Waals surface area contributed by atoms with Crippen LogP contribution in [0, 0.1) is 0 Å². The van der Waals surface area contributed by atoms with Gasteiger partial charge in [-0.15, -0.1) is 47.0 Å². The zero-order valence-electron chi connectivity index (χ0n) is 24.5. The molecule has 39 heavy (non-hydrogen) atoms. The van der Waals surface area contributed by atoms with Gasteiger partial charge >= 0.3 is 0 Å². The molecule has 0 fully saturated rings. The van der Waals surface area contributed by atoms with Crippen molar-refractivity contribution in [3.8, 4) is 17.2 Å². The summed E-state index contributed by atoms with van der Waals surface area (Å²) < 4.78 is 0. The van der Waals surface area contributed by atoms with Crippen molar-refractivity contribution >= 4 is 47.0 Å². The van der Waals surface area contributed by atoms with E-state index < -0.39 is 0 Å². The van der Waals surface area contributed by atoms with Gasteiger partial charge in [0.1, 0.15) is 17.2 Å². The van der Waals surface area contributed by atoms with Crippen LogP contribution in [0.15, 0.2) is 68.1 Å². The third-order valence-corrected chi connectivity index (χ3v) is 10.8. The molecule has 0 aliphatic rings. The van der Waals surface area contributed by atoms with Gasteiger partial charge in [0.05, 0.1) is 19.6 Å². The largest absolute Gasteiger partial charge is 0.507 e. The van der Waals surface area contributed by atoms with E-state index in [2.05, 4.69) is 86.6 Å². The molecule has 0 atom stereocenters. The van der Waals surface area contributed by atoms with Gasteiger partial charge in [-0.1, -0.05) is 74.4 Å². The Morgan fingerprint density at radius 1 is 0.462 bits per heavy atom. The normalized spacial score (nSPS) is 12.6. The van der Waals surface area contributed by atoms with Crippen molar-refractivity contribution in [1.82, 2.24) is 0 Å². The van der Waals surface area contributed by atoms with Crippen molar-refractivity contribution in [1.29, 1.82) is 0 Å². The zero-order chi connectivity index (χ0) is 29.2. The van der Waals surface area contributed by atoms with Crippen LogP contribution in [0.25, 0.3) is 0 Å². The minimum atomic E-state index is -0.0722. The fourth-order valence-electron chi connectivity index (χ4n) is 3.74. The van der Waals surface area contributed by atoms with Crippen LogP contribution in [0.4, 0.5) is 0 Å². The first-order valence-electron chi connectivity index (χ1n) is 13.0. The maximum atomic E-state index is 11.2. The molecule has 3 N–H and O–H groups in total. The highest BCUT2D eigenvalue weighted by atomic mass is 32.2. The molecule has 0 aliphatic heterocycles. The number of phenolic OH excluding ortho intramolecular Hbond substituents is 3. The van der Waals surface area contributed by atoms with E-state index in [4.69, 9.17) is 0 Å². The molecule has 7 heteroatoms. The molecule has 0 unspecified atom stereocenters. The summed E-state index contributed by atoms with van der Waals surface area (Å²) in [6.07, 6.45) is 0. The first-order chi connectivity index (χ1) is 18.0. The molecule has 0 heterocycles. The van der Waals surface area contributed by atoms with Gasteiger partial charge in [0.2, 0.25) is 0 Å². The molecule has 0 radical (unpaired) electrons. The summed E-state index contributed by atoms with van der Waals surface area (Å²) in [5.41, 5.74) is 3.46. The van der Waals surface area contributed by atoms with E-state index in [-0.39, 0.29) is 27.7 Å². The second-order valence-electron chi connectivity index (χ2n) is 12.7. The number of hydrogen-bond donors (Lipinski definition) is 3. The predicted octanol–water partition coefficient (Wildman–Crippen LogP) is 10.4. The summed E-state index contributed by atoms with van der Waals surface area (Å²) >= 11 is 6.34. The van der Waals surface area contributed by atoms with E-state index in [1.54, 1.807) is 59.2 Å². The van der Waals surface area contributed by atoms with Gasteiger partial charge < -0.3 is 15.3 Å². The van der Waals surface area contributed by atoms with E-state index >= 15 is 0 Å². The van der Waals surface area contributed by atoms with Crippen LogP contribution in [-0.2, 0) is 16.2 Å². The maximum Gasteiger partial charge on any atom is 0.142 e. The number of phenols is 3. The molecule has 0 amide bonds. The second-order valence-corrected chi connectivity index (χ2v) is 17.5. The first-order valence-corrected chi connectivity index (χ1v) is 17.0. The van der Waals surface area contributed by atoms with Gasteiger partial charge in [-0.3, -0.25) is 0 Å². The Morgan fingerprint density at radius 3 is 1.10 bits per heavy atom. The van der Waals surface area contributed by atoms with Crippen LogP contribution in [0.3, 0.4) is 0 Å². The lowest BCUT2D eigenvalue weighted by Gasteiger charge is -2.22. The lowest BCUT2D eigenvalue weighted by Crippen LogP contribution is -2.11. The van der Waals surface area contributed by atoms with Crippen LogP contribution in [0.1, 0.15) is 79.0 Å². The summed E-state index contributed by atoms with van der Waals surface area (Å²) in [4.78, 5) is 3.38. The van der Waals surface area contributed by atoms with Gasteiger partial charge in [0, 0.05) is 10.2 Å². The number of thioether (sulfide) groups is 4. The lowest BCUT2D eigenvalue weighted by atomic mass is 9.87. The van der Waals surface area contributed by atoms with E-state index in [9.17, 15) is 15.3 Å². The first kappa shape index (κ1) is 32.0. The standard InChI is InChI=1S/C32H42O3S4/c1-30(2,3)20-10-12-23(33)25(14-20)36-18-38-27-16-22(32(7,8)9)17-28(29(27)35)39-19-37-26-15-21(31(4,5)6)11-13-24(26)34/h10-17,33-35H,18-19H2,1-9H3. The Hall–Kier alpha value is -1.54. The number of benzene rings is 3. The second kappa shape index (κ2) is 12.5. The Bertz CT molecular complexity index is 1210. The monoisotopic (exact) mass is 602 g/mol. The van der Waals surface area contributed by atoms with Crippen molar-refractivity contribution in [2.24, 2.45) is 0 Å². The fourth-order valence-corrected chi connectivity index (χ4v) is 8.07. The molecule has 0 aliphatic carbocycles. The molecule has 0 aromatic heterocycles. The third kappa shape index (κ3) is 8.72. The Morgan fingerprint density at radius 2 is 0.769 bits per heavy atom. The quantitative estimate of drug-likeness (QED) is 0.175. The van der Waals surface area contributed by atoms with E-state index in [1.165, 1.54) is 11.1 Å². The predicted molar refractivity (Wildman–Crippen MR) is 174 cm³/mol. The fraction of sp³-hybridized carbons (Fsp3) is 0.438. The molecule has 3 aromatic carbocycles. The topological polar surface area (TPSA) is 60.7 Å². The highest BCUT2D eigenvalue weighted by molar-refractivity contribution is 8.16. The Labute approximate surface area is 252 Å². The molecule has 0 bridgehead atoms. The third-order valence-electron chi connectivity index (χ3n) is 6.42. The van der Waals surface area contributed by atoms with Gasteiger partial charge in [-0.2, -0.15) is 0 Å². The summed E-state index contributed by atoms with van der Waals surface area (Å²) in [5.74, 6) is 0.862. The molecule has 0 saturated heterocycles. The Kier molecular flexibility index (Phi) is 10.3. The molecule has 212 valence electrons. The minimum absolute atomic E-state index is 0.00441. The summed E-state index contributed by atoms with van der Waals surface area (Å²) in [5, 5.41) is 33.4. The average Bonchev–Trinajstić information content (AvgIpc) is 2.81. The maximum absolute atomic E-state index is 11.2. The zero-order valence-corrected chi connectivity index (χ0v) is 27.8. The van der Waals surface area contributed by atoms with Crippen LogP contribution < -0.4 is 0 Å². The van der Waals surface area contributed by atoms with Crippen molar-refractivity contribution in [2.75, 3.05) is 10.2 Å². The van der Waals surface area contributed by atoms with Crippen molar-refractivity contribution in [2.45, 2.75) is 98.1 Å². The molecule has 3 nitrogen and oxygen atoms in total. The van der Waals surface area contributed by atoms with Crippen LogP contribution in [0.2, 0.25) is 0 Å². The average molecular weight is 603 g/mol. The van der Waals surface area contributed by atoms with Crippen molar-refractivity contribution < 1.29 is 15.3 Å². The van der Waals surface area contributed by atoms with Crippen molar-refractivity contribution in [3.05, 3.63) is 65.2 Å². The van der Waals surface area contributed by atoms with Gasteiger partial charge in [0.25, 0.3) is 0 Å². The summed E-state index contributed by atoms with van der Waals surface area (Å²) in [6.45, 7) is 19.5. The number of aromatic hydroxyl groups is 3. The van der Waals surface area contributed by atoms with Crippen molar-refractivity contribution in [3.63, 3.8) is 0 Å². The molecule has 3 aromatic rings. The van der Waals surface area contributed by atoms with Gasteiger partial charge in [-0.25, -0.2) is 0 Å². The molecule has 0 spiro atoms. The van der Waals surface area contributed by atoms with Gasteiger partial charge in [0.15, 0.2) is 0 Å². The number of hydrogen-bond acceptors (Lipinski definition) is 7. The lowest BCUT2D eigenvalue weighted by molar-refractivity contribution is 0.447. The molecular formula is C32H42O3S4. The highest BCUT2D eigenvalue weighted by Crippen LogP contribution is 2.45. The van der Waals surface area contributed by atoms with Crippen LogP contribution in [0.5, 0.6) is 17.2 Å². The SMILES string of the molecule is CC(C)(C)c1ccc(O)c(SCSc2cc(C(C)(C)C)cc(SCSc3cc(C(C)(C)C)ccc3O)c2O)c1. The molecule has 0 saturated carbocycles. The molecule has 3 rings (SSSR count). The van der Waals surface area contributed by atoms with E-state index in [0.29, 0.717) is 15.9 Å². The van der Waals surface area contributed by atoms with E-state index in [1.807, 2.05) is 12.1 Å². The summed E-state index contributed by atoms with van der Waals surface area (Å²) in [6, 6.07) is 15.8. The van der Waals surface area contributed by atoms with Crippen LogP contribution in [-0.4, -0.2) is 25.5 Å². The minimum Gasteiger partial charge on any atom is -0.507 e. The highest BCUT2D eigenvalue weighted by Gasteiger charge is 2.21. The summed E-state index contributed by atoms with van der Waals surface area (Å²) in [7, 11) is 0. The Balaban J connectivity index is 1.77. The van der Waals surface area contributed by atoms with E-state index in [0.717, 1.165) is 25.1 Å². The molecular weight excluding hydrogens is 561 g/mol. The smallest absolute Gasteiger partial charge is 0.142 e. The number of rotatable bonds is 8. The van der Waals surface area contributed by atoms with Gasteiger partial charge in [-0.05, 0) is 69.3 Å². The van der Waals surface area contributed by atoms with Crippen LogP contribution >= 0.6 is 47.0 Å².